The zero-order valence-electron chi connectivity index (χ0n) is 23.1. The van der Waals surface area contributed by atoms with Crippen LogP contribution in [0.3, 0.4) is 0 Å². The van der Waals surface area contributed by atoms with E-state index in [1.807, 2.05) is 24.3 Å². The minimum absolute atomic E-state index is 0. The van der Waals surface area contributed by atoms with Crippen LogP contribution in [-0.4, -0.2) is 46.5 Å². The van der Waals surface area contributed by atoms with Crippen molar-refractivity contribution >= 4 is 50.0 Å². The molecule has 0 unspecified atom stereocenters. The number of aromatic hydroxyl groups is 1. The van der Waals surface area contributed by atoms with Gasteiger partial charge >= 0.3 is 226 Å². The number of rotatable bonds is 13. The molecule has 0 saturated carbocycles. The number of hydrogen-bond acceptors (Lipinski definition) is 5. The Kier molecular flexibility index (Phi) is 10.9. The molecular formula is C31H42N4O2Sn. The van der Waals surface area contributed by atoms with Crippen molar-refractivity contribution in [1.29, 1.82) is 0 Å². The average molecular weight is 621 g/mol. The first-order valence-electron chi connectivity index (χ1n) is 13.8. The fraction of sp³-hybridized carbons (Fsp3) is 0.419. The van der Waals surface area contributed by atoms with Crippen LogP contribution in [0.5, 0.6) is 5.88 Å². The van der Waals surface area contributed by atoms with Crippen LogP contribution in [0, 0.1) is 12.3 Å². The van der Waals surface area contributed by atoms with E-state index in [9.17, 15) is 5.11 Å². The van der Waals surface area contributed by atoms with Gasteiger partial charge in [0.15, 0.2) is 0 Å². The molecule has 2 aromatic carbocycles. The van der Waals surface area contributed by atoms with Gasteiger partial charge < -0.3 is 6.15 Å². The molecule has 0 bridgehead atoms. The predicted molar refractivity (Wildman–Crippen MR) is 163 cm³/mol. The number of nitrogens with zero attached hydrogens (tertiary/aromatic N) is 2. The Labute approximate surface area is 231 Å². The topological polar surface area (TPSA) is 105 Å². The summed E-state index contributed by atoms with van der Waals surface area (Å²) in [4.78, 5) is 13.5. The van der Waals surface area contributed by atoms with Crippen LogP contribution in [0.15, 0.2) is 52.6 Å². The van der Waals surface area contributed by atoms with Crippen molar-refractivity contribution in [1.82, 2.24) is 11.1 Å². The molecule has 202 valence electrons. The van der Waals surface area contributed by atoms with Crippen LogP contribution >= 0.6 is 0 Å². The van der Waals surface area contributed by atoms with Crippen molar-refractivity contribution in [3.63, 3.8) is 0 Å². The van der Waals surface area contributed by atoms with Gasteiger partial charge in [-0.1, -0.05) is 0 Å². The second-order valence-corrected chi connectivity index (χ2v) is 23.3. The molecule has 7 heteroatoms. The number of aliphatic imine (C=N–C) groups is 1. The van der Waals surface area contributed by atoms with Gasteiger partial charge in [0.05, 0.1) is 0 Å². The second-order valence-electron chi connectivity index (χ2n) is 10.1. The van der Waals surface area contributed by atoms with E-state index in [0.29, 0.717) is 17.0 Å². The number of aromatic nitrogens is 1. The van der Waals surface area contributed by atoms with Crippen molar-refractivity contribution in [3.05, 3.63) is 53.6 Å². The van der Waals surface area contributed by atoms with E-state index in [1.54, 1.807) is 3.58 Å². The standard InChI is InChI=1S/C19H12N3O2.3C4H9.H3N.Sn/c1-2-11-24-22-17-13-8-4-6-10-15(13)20-18(17)16-12-7-3-5-9-14(12)21-19(16)23;3*1-3-4-2;;/h1,3-4,6-10,21,23H,11H2;3*1,3-4H2,2H3;1H3;. The Balaban J connectivity index is 0.00000400. The van der Waals surface area contributed by atoms with Gasteiger partial charge in [-0.15, -0.1) is 0 Å². The summed E-state index contributed by atoms with van der Waals surface area (Å²) in [5.41, 5.74) is 4.50. The predicted octanol–water partition coefficient (Wildman–Crippen LogP) is 7.58. The summed E-state index contributed by atoms with van der Waals surface area (Å²) in [6.45, 7) is 7.00. The molecule has 1 aromatic heterocycles. The van der Waals surface area contributed by atoms with Crippen LogP contribution in [0.4, 0.5) is 5.69 Å². The molecule has 0 aliphatic carbocycles. The zero-order valence-corrected chi connectivity index (χ0v) is 26.0. The number of oxime groups is 1. The first-order valence-corrected chi connectivity index (χ1v) is 21.2. The first-order chi connectivity index (χ1) is 18.1. The van der Waals surface area contributed by atoms with Gasteiger partial charge in [-0.2, -0.15) is 0 Å². The van der Waals surface area contributed by atoms with Crippen LogP contribution in [0.2, 0.25) is 13.3 Å². The number of benzene rings is 2. The molecule has 0 radical (unpaired) electrons. The molecule has 6 nitrogen and oxygen atoms in total. The Bertz CT molecular complexity index is 1310. The van der Waals surface area contributed by atoms with E-state index >= 15 is 0 Å². The van der Waals surface area contributed by atoms with Crippen molar-refractivity contribution < 1.29 is 9.94 Å². The minimum Gasteiger partial charge on any atom is -0.344 e. The summed E-state index contributed by atoms with van der Waals surface area (Å²) in [5.74, 6) is 2.56. The fourth-order valence-corrected chi connectivity index (χ4v) is 21.5. The van der Waals surface area contributed by atoms with Crippen LogP contribution < -0.4 is 9.73 Å². The Morgan fingerprint density at radius 3 is 2.29 bits per heavy atom. The van der Waals surface area contributed by atoms with Crippen molar-refractivity contribution in [3.8, 4) is 18.2 Å². The van der Waals surface area contributed by atoms with E-state index in [4.69, 9.17) is 16.3 Å². The molecule has 4 rings (SSSR count). The van der Waals surface area contributed by atoms with E-state index < -0.39 is 18.4 Å². The third kappa shape index (κ3) is 6.10. The van der Waals surface area contributed by atoms with Gasteiger partial charge in [-0.05, 0) is 0 Å². The maximum atomic E-state index is 11.1. The quantitative estimate of drug-likeness (QED) is 0.0793. The summed E-state index contributed by atoms with van der Waals surface area (Å²) in [6.07, 6.45) is 13.0. The molecule has 0 spiro atoms. The summed E-state index contributed by atoms with van der Waals surface area (Å²) in [5, 5.41) is 16.4. The molecular weight excluding hydrogens is 579 g/mol. The number of H-pyrrole nitrogens is 1. The monoisotopic (exact) mass is 622 g/mol. The first kappa shape index (κ1) is 29.8. The molecule has 3 aromatic rings. The third-order valence-corrected chi connectivity index (χ3v) is 23.2. The Hall–Kier alpha value is -2.76. The summed E-state index contributed by atoms with van der Waals surface area (Å²) in [6, 6.07) is 14.7. The number of aromatic amines is 1. The molecule has 0 amide bonds. The van der Waals surface area contributed by atoms with Gasteiger partial charge in [0, 0.05) is 0 Å². The maximum Gasteiger partial charge on any atom is -0.344 e. The van der Waals surface area contributed by atoms with E-state index in [2.05, 4.69) is 55.0 Å². The number of para-hydroxylation sites is 1. The number of hydrogen-bond donors (Lipinski definition) is 3. The molecule has 0 fully saturated rings. The van der Waals surface area contributed by atoms with Crippen molar-refractivity contribution in [2.24, 2.45) is 10.1 Å². The van der Waals surface area contributed by atoms with E-state index in [1.165, 1.54) is 51.8 Å². The number of nitrogens with one attached hydrogen (secondary N) is 1. The minimum atomic E-state index is -2.61. The molecule has 38 heavy (non-hydrogen) atoms. The van der Waals surface area contributed by atoms with Gasteiger partial charge in [0.2, 0.25) is 0 Å². The average Bonchev–Trinajstić information content (AvgIpc) is 3.44. The van der Waals surface area contributed by atoms with Gasteiger partial charge in [0.25, 0.3) is 0 Å². The summed E-state index contributed by atoms with van der Waals surface area (Å²) >= 11 is -2.61. The van der Waals surface area contributed by atoms with E-state index in [-0.39, 0.29) is 18.6 Å². The largest absolute Gasteiger partial charge is 0.344 e. The normalized spacial score (nSPS) is 13.7. The maximum absolute atomic E-state index is 11.1. The van der Waals surface area contributed by atoms with Crippen molar-refractivity contribution in [2.75, 3.05) is 6.61 Å². The van der Waals surface area contributed by atoms with Crippen LogP contribution in [-0.2, 0) is 4.84 Å². The molecule has 0 saturated heterocycles. The fourth-order valence-electron chi connectivity index (χ4n) is 5.58. The number of unbranched alkanes of at least 4 members (excludes halogenated alkanes) is 3. The van der Waals surface area contributed by atoms with E-state index in [0.717, 1.165) is 22.2 Å². The van der Waals surface area contributed by atoms with Gasteiger partial charge in [0.1, 0.15) is 0 Å². The van der Waals surface area contributed by atoms with Gasteiger partial charge in [-0.3, -0.25) is 0 Å². The molecule has 2 heterocycles. The van der Waals surface area contributed by atoms with Crippen molar-refractivity contribution in [2.45, 2.75) is 72.6 Å². The molecule has 1 aliphatic rings. The second kappa shape index (κ2) is 13.9. The SMILES string of the molecule is C#CCON=C1C(c2c(O)[nH]c3c[c]([Sn]([CH2]CCC)([CH2]CCC)[CH2]CCC)ccc23)=Nc2ccccc21.N. The number of fused-ring (bicyclic) bond motifs is 2. The number of terminal acetylenes is 1. The summed E-state index contributed by atoms with van der Waals surface area (Å²) in [7, 11) is 0. The molecule has 5 N–H and O–H groups in total. The zero-order chi connectivity index (χ0) is 26.3. The van der Waals surface area contributed by atoms with Crippen LogP contribution in [0.1, 0.15) is 70.4 Å². The smallest absolute Gasteiger partial charge is 0.344 e. The summed E-state index contributed by atoms with van der Waals surface area (Å²) < 4.78 is 5.79. The Morgan fingerprint density at radius 2 is 1.66 bits per heavy atom. The molecule has 0 atom stereocenters. The van der Waals surface area contributed by atoms with Gasteiger partial charge in [-0.25, -0.2) is 0 Å². The third-order valence-electron chi connectivity index (χ3n) is 7.57. The Morgan fingerprint density at radius 1 is 1.00 bits per heavy atom. The molecule has 1 aliphatic heterocycles. The van der Waals surface area contributed by atoms with Crippen LogP contribution in [0.25, 0.3) is 10.9 Å².